The lowest BCUT2D eigenvalue weighted by atomic mass is 9.89. The minimum Gasteiger partial charge on any atom is -0.389 e. The minimum atomic E-state index is -0.349. The van der Waals surface area contributed by atoms with Crippen LogP contribution in [0.4, 0.5) is 0 Å². The van der Waals surface area contributed by atoms with Crippen LogP contribution >= 0.6 is 0 Å². The molecule has 0 heterocycles. The van der Waals surface area contributed by atoms with Gasteiger partial charge in [0.25, 0.3) is 0 Å². The Morgan fingerprint density at radius 2 is 1.65 bits per heavy atom. The third kappa shape index (κ3) is 6.11. The molecule has 2 aliphatic carbocycles. The van der Waals surface area contributed by atoms with Gasteiger partial charge in [-0.25, -0.2) is 0 Å². The highest BCUT2D eigenvalue weighted by Crippen LogP contribution is 2.25. The first-order valence-electron chi connectivity index (χ1n) is 8.77. The second-order valence-corrected chi connectivity index (χ2v) is 6.97. The summed E-state index contributed by atoms with van der Waals surface area (Å²) in [6.45, 7) is 3.51. The van der Waals surface area contributed by atoms with E-state index in [2.05, 4.69) is 12.2 Å². The number of aliphatic hydroxyl groups is 1. The number of aliphatic hydroxyl groups excluding tert-OH is 1. The molecule has 3 nitrogen and oxygen atoms in total. The van der Waals surface area contributed by atoms with Gasteiger partial charge in [0.05, 0.1) is 18.8 Å². The van der Waals surface area contributed by atoms with Crippen molar-refractivity contribution in [2.45, 2.75) is 89.4 Å². The molecule has 0 spiro atoms. The molecule has 2 N–H and O–H groups in total. The van der Waals surface area contributed by atoms with Crippen LogP contribution in [0.3, 0.4) is 0 Å². The number of hydrogen-bond donors (Lipinski definition) is 2. The first kappa shape index (κ1) is 16.3. The smallest absolute Gasteiger partial charge is 0.0897 e. The van der Waals surface area contributed by atoms with E-state index < -0.39 is 0 Å². The van der Waals surface area contributed by atoms with Crippen LogP contribution in [0.5, 0.6) is 0 Å². The summed E-state index contributed by atoms with van der Waals surface area (Å²) in [5.74, 6) is 0.858. The van der Waals surface area contributed by atoms with Crippen LogP contribution in [0, 0.1) is 5.92 Å². The molecule has 118 valence electrons. The molecule has 0 saturated heterocycles. The Balaban J connectivity index is 1.54. The summed E-state index contributed by atoms with van der Waals surface area (Å²) in [5, 5.41) is 13.6. The van der Waals surface area contributed by atoms with E-state index in [4.69, 9.17) is 4.74 Å². The van der Waals surface area contributed by atoms with Crippen molar-refractivity contribution in [3.8, 4) is 0 Å². The summed E-state index contributed by atoms with van der Waals surface area (Å²) < 4.78 is 5.87. The Morgan fingerprint density at radius 3 is 2.30 bits per heavy atom. The molecule has 0 aromatic heterocycles. The van der Waals surface area contributed by atoms with Gasteiger partial charge in [-0.1, -0.05) is 32.6 Å². The largest absolute Gasteiger partial charge is 0.389 e. The predicted molar refractivity (Wildman–Crippen MR) is 82.9 cm³/mol. The van der Waals surface area contributed by atoms with Crippen LogP contribution in [-0.4, -0.2) is 36.5 Å². The highest BCUT2D eigenvalue weighted by Gasteiger charge is 2.20. The van der Waals surface area contributed by atoms with Crippen molar-refractivity contribution in [3.63, 3.8) is 0 Å². The zero-order valence-corrected chi connectivity index (χ0v) is 13.2. The third-order valence-electron chi connectivity index (χ3n) is 4.98. The van der Waals surface area contributed by atoms with Gasteiger partial charge >= 0.3 is 0 Å². The second kappa shape index (κ2) is 9.01. The maximum atomic E-state index is 10.0. The molecule has 0 bridgehead atoms. The molecule has 0 radical (unpaired) electrons. The summed E-state index contributed by atoms with van der Waals surface area (Å²) in [5.41, 5.74) is 0. The number of rotatable bonds is 6. The van der Waals surface area contributed by atoms with Crippen LogP contribution in [-0.2, 0) is 4.74 Å². The molecule has 2 aliphatic rings. The van der Waals surface area contributed by atoms with Crippen molar-refractivity contribution in [1.29, 1.82) is 0 Å². The summed E-state index contributed by atoms with van der Waals surface area (Å²) >= 11 is 0. The second-order valence-electron chi connectivity index (χ2n) is 6.97. The Hall–Kier alpha value is -0.120. The molecule has 3 heteroatoms. The van der Waals surface area contributed by atoms with E-state index in [0.717, 1.165) is 5.92 Å². The molecule has 1 unspecified atom stereocenters. The van der Waals surface area contributed by atoms with Gasteiger partial charge in [-0.15, -0.1) is 0 Å². The maximum absolute atomic E-state index is 10.0. The van der Waals surface area contributed by atoms with Gasteiger partial charge in [-0.3, -0.25) is 0 Å². The Labute approximate surface area is 124 Å². The topological polar surface area (TPSA) is 41.5 Å². The van der Waals surface area contributed by atoms with E-state index >= 15 is 0 Å². The number of ether oxygens (including phenoxy) is 1. The summed E-state index contributed by atoms with van der Waals surface area (Å²) in [4.78, 5) is 0. The van der Waals surface area contributed by atoms with Crippen molar-refractivity contribution in [2.24, 2.45) is 5.92 Å². The lowest BCUT2D eigenvalue weighted by Crippen LogP contribution is -2.38. The molecule has 0 amide bonds. The van der Waals surface area contributed by atoms with Crippen LogP contribution < -0.4 is 5.32 Å². The number of nitrogens with one attached hydrogen (secondary N) is 1. The molecular formula is C17H33NO2. The standard InChI is InChI=1S/C17H33NO2/c1-14-8-10-17(11-9-14)20-13-16(19)12-18-15-6-4-2-3-5-7-15/h14-19H,2-13H2,1H3. The van der Waals surface area contributed by atoms with Crippen molar-refractivity contribution in [2.75, 3.05) is 13.2 Å². The highest BCUT2D eigenvalue weighted by molar-refractivity contribution is 4.74. The lowest BCUT2D eigenvalue weighted by molar-refractivity contribution is -0.0284. The fourth-order valence-electron chi connectivity index (χ4n) is 3.49. The number of hydrogen-bond acceptors (Lipinski definition) is 3. The summed E-state index contributed by atoms with van der Waals surface area (Å²) in [6, 6.07) is 0.614. The fraction of sp³-hybridized carbons (Fsp3) is 1.00. The van der Waals surface area contributed by atoms with Crippen LogP contribution in [0.15, 0.2) is 0 Å². The predicted octanol–water partition coefficient (Wildman–Crippen LogP) is 3.26. The van der Waals surface area contributed by atoms with E-state index in [1.165, 1.54) is 64.2 Å². The highest BCUT2D eigenvalue weighted by atomic mass is 16.5. The fourth-order valence-corrected chi connectivity index (χ4v) is 3.49. The van der Waals surface area contributed by atoms with Crippen LogP contribution in [0.25, 0.3) is 0 Å². The first-order valence-corrected chi connectivity index (χ1v) is 8.77. The van der Waals surface area contributed by atoms with Gasteiger partial charge in [0, 0.05) is 12.6 Å². The molecule has 20 heavy (non-hydrogen) atoms. The van der Waals surface area contributed by atoms with Gasteiger partial charge in [0.15, 0.2) is 0 Å². The normalized spacial score (nSPS) is 30.9. The maximum Gasteiger partial charge on any atom is 0.0897 e. The molecule has 0 aromatic carbocycles. The van der Waals surface area contributed by atoms with E-state index in [1.54, 1.807) is 0 Å². The van der Waals surface area contributed by atoms with Gasteiger partial charge in [0.2, 0.25) is 0 Å². The van der Waals surface area contributed by atoms with Crippen molar-refractivity contribution in [3.05, 3.63) is 0 Å². The molecule has 0 aliphatic heterocycles. The molecular weight excluding hydrogens is 250 g/mol. The Kier molecular flexibility index (Phi) is 7.32. The quantitative estimate of drug-likeness (QED) is 0.735. The van der Waals surface area contributed by atoms with E-state index in [1.807, 2.05) is 0 Å². The first-order chi connectivity index (χ1) is 9.74. The van der Waals surface area contributed by atoms with E-state index in [9.17, 15) is 5.11 Å². The van der Waals surface area contributed by atoms with Crippen molar-refractivity contribution < 1.29 is 9.84 Å². The summed E-state index contributed by atoms with van der Waals surface area (Å²) in [6.07, 6.45) is 12.9. The third-order valence-corrected chi connectivity index (χ3v) is 4.98. The van der Waals surface area contributed by atoms with Crippen molar-refractivity contribution in [1.82, 2.24) is 5.32 Å². The monoisotopic (exact) mass is 283 g/mol. The average molecular weight is 283 g/mol. The van der Waals surface area contributed by atoms with Crippen LogP contribution in [0.2, 0.25) is 0 Å². The van der Waals surface area contributed by atoms with Gasteiger partial charge in [-0.05, 0) is 44.4 Å². The molecule has 2 saturated carbocycles. The molecule has 2 fully saturated rings. The lowest BCUT2D eigenvalue weighted by Gasteiger charge is -2.27. The average Bonchev–Trinajstić information content (AvgIpc) is 2.73. The SMILES string of the molecule is CC1CCC(OCC(O)CNC2CCCCCC2)CC1. The van der Waals surface area contributed by atoms with Crippen molar-refractivity contribution >= 4 is 0 Å². The van der Waals surface area contributed by atoms with Crippen LogP contribution in [0.1, 0.15) is 71.1 Å². The Morgan fingerprint density at radius 1 is 1.00 bits per heavy atom. The Bertz CT molecular complexity index is 243. The molecule has 0 aromatic rings. The zero-order chi connectivity index (χ0) is 14.2. The molecule has 2 rings (SSSR count). The summed E-state index contributed by atoms with van der Waals surface area (Å²) in [7, 11) is 0. The molecule has 1 atom stereocenters. The van der Waals surface area contributed by atoms with Gasteiger partial charge in [0.1, 0.15) is 0 Å². The van der Waals surface area contributed by atoms with Gasteiger partial charge in [-0.2, -0.15) is 0 Å². The minimum absolute atomic E-state index is 0.349. The van der Waals surface area contributed by atoms with Gasteiger partial charge < -0.3 is 15.2 Å². The van der Waals surface area contributed by atoms with E-state index in [0.29, 0.717) is 25.3 Å². The van der Waals surface area contributed by atoms with E-state index in [-0.39, 0.29) is 6.10 Å². The zero-order valence-electron chi connectivity index (χ0n) is 13.2.